The van der Waals surface area contributed by atoms with Crippen molar-refractivity contribution in [1.82, 2.24) is 4.98 Å². The van der Waals surface area contributed by atoms with Gasteiger partial charge in [0, 0.05) is 31.0 Å². The lowest BCUT2D eigenvalue weighted by atomic mass is 9.89. The zero-order valence-electron chi connectivity index (χ0n) is 11.7. The number of benzene rings is 1. The number of carboxylic acid groups (broad SMARTS) is 1. The van der Waals surface area contributed by atoms with E-state index >= 15 is 0 Å². The Morgan fingerprint density at radius 3 is 2.95 bits per heavy atom. The van der Waals surface area contributed by atoms with Gasteiger partial charge in [0.25, 0.3) is 0 Å². The van der Waals surface area contributed by atoms with Gasteiger partial charge < -0.3 is 14.7 Å². The van der Waals surface area contributed by atoms with Crippen LogP contribution in [0, 0.1) is 0 Å². The summed E-state index contributed by atoms with van der Waals surface area (Å²) < 4.78 is 5.14. The second-order valence-electron chi connectivity index (χ2n) is 5.03. The first-order valence-electron chi connectivity index (χ1n) is 6.74. The number of hydrogen-bond donors (Lipinski definition) is 1. The van der Waals surface area contributed by atoms with E-state index in [2.05, 4.69) is 4.98 Å². The van der Waals surface area contributed by atoms with Crippen LogP contribution in [0.2, 0.25) is 0 Å². The Bertz CT molecular complexity index is 672. The number of rotatable bonds is 3. The Balaban J connectivity index is 1.97. The van der Waals surface area contributed by atoms with Gasteiger partial charge in [-0.25, -0.2) is 4.98 Å². The van der Waals surface area contributed by atoms with Crippen molar-refractivity contribution in [2.75, 3.05) is 18.6 Å². The molecule has 0 radical (unpaired) electrons. The standard InChI is InChI=1S/C16H16N2O3/c1-21-15-8-12(6-7-17-15)18-9-11-4-2-3-5-13(11)14(10-18)16(19)20/h2-8,14H,9-10H2,1H3,(H,19,20). The van der Waals surface area contributed by atoms with Gasteiger partial charge in [-0.05, 0) is 17.2 Å². The monoisotopic (exact) mass is 284 g/mol. The third kappa shape index (κ3) is 2.54. The van der Waals surface area contributed by atoms with Crippen LogP contribution in [-0.4, -0.2) is 29.7 Å². The Kier molecular flexibility index (Phi) is 3.48. The van der Waals surface area contributed by atoms with Gasteiger partial charge in [0.2, 0.25) is 5.88 Å². The van der Waals surface area contributed by atoms with Gasteiger partial charge in [0.15, 0.2) is 0 Å². The summed E-state index contributed by atoms with van der Waals surface area (Å²) in [6, 6.07) is 11.4. The van der Waals surface area contributed by atoms with Crippen LogP contribution in [-0.2, 0) is 11.3 Å². The van der Waals surface area contributed by atoms with Gasteiger partial charge in [0.05, 0.1) is 13.0 Å². The summed E-state index contributed by atoms with van der Waals surface area (Å²) in [6.45, 7) is 1.13. The van der Waals surface area contributed by atoms with Crippen LogP contribution in [0.5, 0.6) is 5.88 Å². The van der Waals surface area contributed by atoms with E-state index < -0.39 is 11.9 Å². The number of methoxy groups -OCH3 is 1. The number of carbonyl (C=O) groups is 1. The first kappa shape index (κ1) is 13.4. The predicted molar refractivity (Wildman–Crippen MR) is 78.7 cm³/mol. The quantitative estimate of drug-likeness (QED) is 0.937. The number of aliphatic carboxylic acids is 1. The maximum Gasteiger partial charge on any atom is 0.312 e. The molecule has 5 nitrogen and oxygen atoms in total. The summed E-state index contributed by atoms with van der Waals surface area (Å²) in [4.78, 5) is 17.7. The van der Waals surface area contributed by atoms with E-state index in [1.807, 2.05) is 41.3 Å². The Morgan fingerprint density at radius 2 is 2.19 bits per heavy atom. The van der Waals surface area contributed by atoms with Crippen LogP contribution in [0.1, 0.15) is 17.0 Å². The average Bonchev–Trinajstić information content (AvgIpc) is 2.53. The molecule has 0 bridgehead atoms. The molecule has 0 saturated heterocycles. The van der Waals surface area contributed by atoms with Crippen molar-refractivity contribution in [2.24, 2.45) is 0 Å². The van der Waals surface area contributed by atoms with Crippen LogP contribution >= 0.6 is 0 Å². The lowest BCUT2D eigenvalue weighted by Gasteiger charge is -2.34. The zero-order chi connectivity index (χ0) is 14.8. The molecule has 1 aliphatic heterocycles. The number of hydrogen-bond acceptors (Lipinski definition) is 4. The number of nitrogens with zero attached hydrogens (tertiary/aromatic N) is 2. The average molecular weight is 284 g/mol. The second-order valence-corrected chi connectivity index (χ2v) is 5.03. The smallest absolute Gasteiger partial charge is 0.312 e. The number of aromatic nitrogens is 1. The van der Waals surface area contributed by atoms with Crippen molar-refractivity contribution in [2.45, 2.75) is 12.5 Å². The van der Waals surface area contributed by atoms with E-state index in [-0.39, 0.29) is 0 Å². The van der Waals surface area contributed by atoms with E-state index in [4.69, 9.17) is 4.74 Å². The topological polar surface area (TPSA) is 62.7 Å². The fraction of sp³-hybridized carbons (Fsp3) is 0.250. The first-order valence-corrected chi connectivity index (χ1v) is 6.74. The van der Waals surface area contributed by atoms with Crippen molar-refractivity contribution < 1.29 is 14.6 Å². The van der Waals surface area contributed by atoms with Crippen LogP contribution in [0.15, 0.2) is 42.6 Å². The SMILES string of the molecule is COc1cc(N2Cc3ccccc3C(C(=O)O)C2)ccn1. The van der Waals surface area contributed by atoms with Crippen molar-refractivity contribution in [3.05, 3.63) is 53.7 Å². The molecular formula is C16H16N2O3. The molecular weight excluding hydrogens is 268 g/mol. The maximum absolute atomic E-state index is 11.6. The van der Waals surface area contributed by atoms with Gasteiger partial charge in [-0.1, -0.05) is 24.3 Å². The zero-order valence-corrected chi connectivity index (χ0v) is 11.7. The fourth-order valence-corrected chi connectivity index (χ4v) is 2.72. The Hall–Kier alpha value is -2.56. The number of anilines is 1. The Labute approximate surface area is 122 Å². The summed E-state index contributed by atoms with van der Waals surface area (Å²) >= 11 is 0. The lowest BCUT2D eigenvalue weighted by Crippen LogP contribution is -2.36. The molecule has 2 aromatic rings. The molecule has 0 aliphatic carbocycles. The first-order chi connectivity index (χ1) is 10.2. The lowest BCUT2D eigenvalue weighted by molar-refractivity contribution is -0.138. The third-order valence-electron chi connectivity index (χ3n) is 3.79. The maximum atomic E-state index is 11.6. The summed E-state index contributed by atoms with van der Waals surface area (Å²) in [6.07, 6.45) is 1.67. The predicted octanol–water partition coefficient (Wildman–Crippen LogP) is 2.28. The number of pyridine rings is 1. The summed E-state index contributed by atoms with van der Waals surface area (Å²) in [5.41, 5.74) is 2.87. The van der Waals surface area contributed by atoms with E-state index in [9.17, 15) is 9.90 Å². The van der Waals surface area contributed by atoms with E-state index in [0.29, 0.717) is 19.0 Å². The molecule has 0 spiro atoms. The molecule has 1 aromatic carbocycles. The number of fused-ring (bicyclic) bond motifs is 1. The number of carboxylic acids is 1. The van der Waals surface area contributed by atoms with Gasteiger partial charge in [-0.3, -0.25) is 4.79 Å². The van der Waals surface area contributed by atoms with E-state index in [1.54, 1.807) is 13.3 Å². The Morgan fingerprint density at radius 1 is 1.38 bits per heavy atom. The van der Waals surface area contributed by atoms with Crippen LogP contribution in [0.4, 0.5) is 5.69 Å². The summed E-state index contributed by atoms with van der Waals surface area (Å²) in [7, 11) is 1.57. The fourth-order valence-electron chi connectivity index (χ4n) is 2.72. The van der Waals surface area contributed by atoms with Gasteiger partial charge in [-0.15, -0.1) is 0 Å². The summed E-state index contributed by atoms with van der Waals surface area (Å²) in [5.74, 6) is -0.791. The molecule has 0 saturated carbocycles. The minimum Gasteiger partial charge on any atom is -0.481 e. The van der Waals surface area contributed by atoms with Gasteiger partial charge in [-0.2, -0.15) is 0 Å². The number of ether oxygens (including phenoxy) is 1. The van der Waals surface area contributed by atoms with Crippen molar-refractivity contribution in [3.63, 3.8) is 0 Å². The van der Waals surface area contributed by atoms with Gasteiger partial charge in [0.1, 0.15) is 0 Å². The molecule has 1 aromatic heterocycles. The molecule has 21 heavy (non-hydrogen) atoms. The summed E-state index contributed by atoms with van der Waals surface area (Å²) in [5, 5.41) is 9.49. The highest BCUT2D eigenvalue weighted by Crippen LogP contribution is 2.32. The molecule has 5 heteroatoms. The highest BCUT2D eigenvalue weighted by Gasteiger charge is 2.30. The van der Waals surface area contributed by atoms with Crippen molar-refractivity contribution in [3.8, 4) is 5.88 Å². The minimum atomic E-state index is -0.798. The molecule has 1 unspecified atom stereocenters. The molecule has 1 aliphatic rings. The van der Waals surface area contributed by atoms with Crippen LogP contribution in [0.3, 0.4) is 0 Å². The van der Waals surface area contributed by atoms with Crippen LogP contribution in [0.25, 0.3) is 0 Å². The van der Waals surface area contributed by atoms with Crippen LogP contribution < -0.4 is 9.64 Å². The molecule has 0 fully saturated rings. The molecule has 108 valence electrons. The second kappa shape index (κ2) is 5.44. The third-order valence-corrected chi connectivity index (χ3v) is 3.79. The van der Waals surface area contributed by atoms with E-state index in [1.165, 1.54) is 0 Å². The molecule has 1 atom stereocenters. The highest BCUT2D eigenvalue weighted by atomic mass is 16.5. The minimum absolute atomic E-state index is 0.444. The van der Waals surface area contributed by atoms with Gasteiger partial charge >= 0.3 is 5.97 Å². The highest BCUT2D eigenvalue weighted by molar-refractivity contribution is 5.78. The van der Waals surface area contributed by atoms with Crippen molar-refractivity contribution in [1.29, 1.82) is 0 Å². The molecule has 1 N–H and O–H groups in total. The largest absolute Gasteiger partial charge is 0.481 e. The normalized spacial score (nSPS) is 17.2. The van der Waals surface area contributed by atoms with Crippen molar-refractivity contribution >= 4 is 11.7 Å². The molecule has 3 rings (SSSR count). The molecule has 2 heterocycles. The molecule has 0 amide bonds. The van der Waals surface area contributed by atoms with E-state index in [0.717, 1.165) is 16.8 Å².